The van der Waals surface area contributed by atoms with Gasteiger partial charge in [0.05, 0.1) is 16.7 Å². The van der Waals surface area contributed by atoms with Crippen LogP contribution in [0.25, 0.3) is 11.1 Å². The van der Waals surface area contributed by atoms with Crippen LogP contribution in [0, 0.1) is 5.92 Å². The molecule has 3 aromatic rings. The number of fused-ring (bicyclic) bond motifs is 1. The van der Waals surface area contributed by atoms with E-state index < -0.39 is 12.1 Å². The number of nitrogens with one attached hydrogen (secondary N) is 1. The normalized spacial score (nSPS) is 14.8. The number of halogens is 1. The molecule has 2 aromatic carbocycles. The fourth-order valence-electron chi connectivity index (χ4n) is 5.10. The molecule has 0 saturated carbocycles. The summed E-state index contributed by atoms with van der Waals surface area (Å²) >= 11 is 9.60. The van der Waals surface area contributed by atoms with Gasteiger partial charge in [-0.3, -0.25) is 4.79 Å². The SMILES string of the molecule is CN(C[C@H](O)CNC(C)(C)CC1Cc2ccccc2C1)Sc1cc(-c2ccc(CC(=O)O)cc2)c(Cl)s1. The lowest BCUT2D eigenvalue weighted by Crippen LogP contribution is -2.46. The summed E-state index contributed by atoms with van der Waals surface area (Å²) in [7, 11) is 1.97. The molecular formula is C29H35ClN2O3S2. The zero-order valence-corrected chi connectivity index (χ0v) is 23.9. The standard InChI is InChI=1S/C29H35ClN2O3S2/c1-29(2,16-20-12-22-6-4-5-7-23(22)13-20)31-17-24(33)18-32(3)37-27-15-25(28(30)36-27)21-10-8-19(9-11-21)14-26(34)35/h4-11,15,20,24,31,33H,12-14,16-18H2,1-3H3,(H,34,35)/t24-/m1/s1. The number of aliphatic carboxylic acids is 1. The van der Waals surface area contributed by atoms with Crippen molar-refractivity contribution >= 4 is 40.9 Å². The number of hydrogen-bond acceptors (Lipinski definition) is 6. The third-order valence-corrected chi connectivity index (χ3v) is 9.13. The van der Waals surface area contributed by atoms with Crippen molar-refractivity contribution in [3.05, 3.63) is 75.6 Å². The average Bonchev–Trinajstić information content (AvgIpc) is 3.39. The minimum Gasteiger partial charge on any atom is -0.481 e. The van der Waals surface area contributed by atoms with Crippen LogP contribution in [0.4, 0.5) is 0 Å². The molecule has 1 aliphatic rings. The highest BCUT2D eigenvalue weighted by Crippen LogP contribution is 2.41. The van der Waals surface area contributed by atoms with Crippen molar-refractivity contribution in [1.82, 2.24) is 9.62 Å². The molecule has 8 heteroatoms. The van der Waals surface area contributed by atoms with E-state index in [4.69, 9.17) is 16.7 Å². The summed E-state index contributed by atoms with van der Waals surface area (Å²) in [6.07, 6.45) is 2.87. The molecule has 0 aliphatic heterocycles. The number of aliphatic hydroxyl groups excluding tert-OH is 1. The third kappa shape index (κ3) is 8.06. The number of nitrogens with zero attached hydrogens (tertiary/aromatic N) is 1. The van der Waals surface area contributed by atoms with Crippen LogP contribution in [-0.2, 0) is 24.1 Å². The van der Waals surface area contributed by atoms with Crippen LogP contribution in [0.5, 0.6) is 0 Å². The summed E-state index contributed by atoms with van der Waals surface area (Å²) in [6, 6.07) is 18.3. The molecule has 1 aliphatic carbocycles. The molecule has 0 fully saturated rings. The molecule has 0 radical (unpaired) electrons. The van der Waals surface area contributed by atoms with Gasteiger partial charge in [0, 0.05) is 24.2 Å². The molecule has 0 bridgehead atoms. The number of rotatable bonds is 12. The molecule has 1 aromatic heterocycles. The van der Waals surface area contributed by atoms with Gasteiger partial charge in [-0.2, -0.15) is 0 Å². The Balaban J connectivity index is 1.24. The third-order valence-electron chi connectivity index (χ3n) is 6.75. The van der Waals surface area contributed by atoms with Crippen molar-refractivity contribution in [2.45, 2.75) is 55.4 Å². The summed E-state index contributed by atoms with van der Waals surface area (Å²) in [6.45, 7) is 5.52. The Morgan fingerprint density at radius 3 is 2.46 bits per heavy atom. The maximum Gasteiger partial charge on any atom is 0.307 e. The summed E-state index contributed by atoms with van der Waals surface area (Å²) in [4.78, 5) is 10.9. The number of carboxylic acid groups (broad SMARTS) is 1. The highest BCUT2D eigenvalue weighted by molar-refractivity contribution is 7.99. The van der Waals surface area contributed by atoms with Gasteiger partial charge in [0.1, 0.15) is 4.34 Å². The van der Waals surface area contributed by atoms with Gasteiger partial charge in [-0.25, -0.2) is 4.31 Å². The lowest BCUT2D eigenvalue weighted by atomic mass is 9.88. The monoisotopic (exact) mass is 558 g/mol. The molecule has 1 heterocycles. The molecule has 4 rings (SSSR count). The van der Waals surface area contributed by atoms with E-state index in [1.54, 1.807) is 11.9 Å². The minimum absolute atomic E-state index is 0.00670. The van der Waals surface area contributed by atoms with Crippen molar-refractivity contribution in [1.29, 1.82) is 0 Å². The second-order valence-corrected chi connectivity index (χ2v) is 13.7. The Kier molecular flexibility index (Phi) is 9.38. The van der Waals surface area contributed by atoms with E-state index in [1.807, 2.05) is 41.7 Å². The first-order valence-corrected chi connectivity index (χ1v) is 14.5. The second kappa shape index (κ2) is 12.3. The Labute approximate surface area is 233 Å². The highest BCUT2D eigenvalue weighted by Gasteiger charge is 2.28. The predicted molar refractivity (Wildman–Crippen MR) is 155 cm³/mol. The fraction of sp³-hybridized carbons (Fsp3) is 0.414. The van der Waals surface area contributed by atoms with Crippen LogP contribution in [0.2, 0.25) is 4.34 Å². The Morgan fingerprint density at radius 2 is 1.84 bits per heavy atom. The van der Waals surface area contributed by atoms with Gasteiger partial charge in [0.25, 0.3) is 0 Å². The number of carbonyl (C=O) groups is 1. The van der Waals surface area contributed by atoms with Crippen molar-refractivity contribution in [2.75, 3.05) is 20.1 Å². The van der Waals surface area contributed by atoms with E-state index in [1.165, 1.54) is 22.5 Å². The molecule has 3 N–H and O–H groups in total. The Hall–Kier alpha value is -1.87. The molecule has 198 valence electrons. The summed E-state index contributed by atoms with van der Waals surface area (Å²) in [5, 5.41) is 23.3. The van der Waals surface area contributed by atoms with Crippen molar-refractivity contribution in [3.63, 3.8) is 0 Å². The van der Waals surface area contributed by atoms with Gasteiger partial charge in [0.2, 0.25) is 0 Å². The second-order valence-electron chi connectivity index (χ2n) is 10.6. The number of hydrogen-bond donors (Lipinski definition) is 3. The van der Waals surface area contributed by atoms with Crippen LogP contribution in [0.15, 0.2) is 58.8 Å². The van der Waals surface area contributed by atoms with E-state index >= 15 is 0 Å². The van der Waals surface area contributed by atoms with E-state index in [0.717, 1.165) is 40.2 Å². The molecule has 0 spiro atoms. The highest BCUT2D eigenvalue weighted by atomic mass is 35.5. The largest absolute Gasteiger partial charge is 0.481 e. The first-order chi connectivity index (χ1) is 17.6. The number of aliphatic hydroxyl groups is 1. The van der Waals surface area contributed by atoms with Gasteiger partial charge in [-0.05, 0) is 86.3 Å². The number of thiophene rings is 1. The lowest BCUT2D eigenvalue weighted by molar-refractivity contribution is -0.136. The maximum atomic E-state index is 10.9. The number of carboxylic acids is 1. The van der Waals surface area contributed by atoms with E-state index in [2.05, 4.69) is 43.4 Å². The quantitative estimate of drug-likeness (QED) is 0.231. The molecule has 1 atom stereocenters. The lowest BCUT2D eigenvalue weighted by Gasteiger charge is -2.31. The van der Waals surface area contributed by atoms with Crippen LogP contribution in [0.1, 0.15) is 37.0 Å². The van der Waals surface area contributed by atoms with Crippen LogP contribution < -0.4 is 5.32 Å². The van der Waals surface area contributed by atoms with Crippen LogP contribution >= 0.6 is 34.9 Å². The van der Waals surface area contributed by atoms with Gasteiger partial charge in [-0.1, -0.05) is 60.1 Å². The predicted octanol–water partition coefficient (Wildman–Crippen LogP) is 6.17. The van der Waals surface area contributed by atoms with Gasteiger partial charge in [-0.15, -0.1) is 11.3 Å². The van der Waals surface area contributed by atoms with Crippen LogP contribution in [-0.4, -0.2) is 52.3 Å². The van der Waals surface area contributed by atoms with Gasteiger partial charge >= 0.3 is 5.97 Å². The van der Waals surface area contributed by atoms with Crippen molar-refractivity contribution < 1.29 is 15.0 Å². The smallest absolute Gasteiger partial charge is 0.307 e. The molecular weight excluding hydrogens is 524 g/mol. The van der Waals surface area contributed by atoms with E-state index in [0.29, 0.717) is 23.3 Å². The molecule has 0 unspecified atom stereocenters. The first kappa shape index (κ1) is 28.1. The fourth-order valence-corrected chi connectivity index (χ4v) is 7.80. The molecule has 37 heavy (non-hydrogen) atoms. The molecule has 5 nitrogen and oxygen atoms in total. The van der Waals surface area contributed by atoms with Crippen molar-refractivity contribution in [2.24, 2.45) is 5.92 Å². The number of benzene rings is 2. The topological polar surface area (TPSA) is 72.8 Å². The van der Waals surface area contributed by atoms with Crippen LogP contribution in [0.3, 0.4) is 0 Å². The zero-order chi connectivity index (χ0) is 26.6. The van der Waals surface area contributed by atoms with E-state index in [-0.39, 0.29) is 12.0 Å². The summed E-state index contributed by atoms with van der Waals surface area (Å²) < 4.78 is 3.77. The Bertz CT molecular complexity index is 1190. The molecule has 0 saturated heterocycles. The van der Waals surface area contributed by atoms with Gasteiger partial charge in [0.15, 0.2) is 0 Å². The van der Waals surface area contributed by atoms with E-state index in [9.17, 15) is 9.90 Å². The first-order valence-electron chi connectivity index (χ1n) is 12.6. The number of β-amino-alcohol motifs (C(OH)–C–C–N with tert-alkyl or cyclic N) is 1. The Morgan fingerprint density at radius 1 is 1.19 bits per heavy atom. The average molecular weight is 559 g/mol. The maximum absolute atomic E-state index is 10.9. The summed E-state index contributed by atoms with van der Waals surface area (Å²) in [5.41, 5.74) is 5.57. The van der Waals surface area contributed by atoms with Gasteiger partial charge < -0.3 is 15.5 Å². The van der Waals surface area contributed by atoms with Crippen molar-refractivity contribution in [3.8, 4) is 11.1 Å². The summed E-state index contributed by atoms with van der Waals surface area (Å²) in [5.74, 6) is -0.204. The zero-order valence-electron chi connectivity index (χ0n) is 21.5. The molecule has 0 amide bonds. The number of likely N-dealkylation sites (N-methyl/N-ethyl adjacent to an activating group) is 1. The minimum atomic E-state index is -0.844.